The van der Waals surface area contributed by atoms with Crippen molar-refractivity contribution in [2.75, 3.05) is 27.7 Å². The van der Waals surface area contributed by atoms with E-state index in [1.807, 2.05) is 30.3 Å². The fourth-order valence-corrected chi connectivity index (χ4v) is 2.27. The fourth-order valence-electron chi connectivity index (χ4n) is 2.10. The fraction of sp³-hybridized carbons (Fsp3) is 0.375. The van der Waals surface area contributed by atoms with E-state index in [9.17, 15) is 0 Å². The summed E-state index contributed by atoms with van der Waals surface area (Å²) in [6.07, 6.45) is 2.01. The van der Waals surface area contributed by atoms with E-state index < -0.39 is 0 Å². The van der Waals surface area contributed by atoms with E-state index in [0.29, 0.717) is 5.02 Å². The Morgan fingerprint density at radius 1 is 1.20 bits per heavy atom. The SMILES string of the molecule is COc1ccc(Cl)cc1-c1ccc(CCCN(C)C)o1. The Balaban J connectivity index is 2.14. The van der Waals surface area contributed by atoms with Crippen LogP contribution in [0.4, 0.5) is 0 Å². The van der Waals surface area contributed by atoms with Gasteiger partial charge in [-0.25, -0.2) is 0 Å². The van der Waals surface area contributed by atoms with E-state index in [4.69, 9.17) is 20.8 Å². The van der Waals surface area contributed by atoms with Crippen LogP contribution < -0.4 is 4.74 Å². The smallest absolute Gasteiger partial charge is 0.138 e. The number of rotatable bonds is 6. The zero-order valence-corrected chi connectivity index (χ0v) is 12.9. The van der Waals surface area contributed by atoms with Gasteiger partial charge in [0.1, 0.15) is 17.3 Å². The van der Waals surface area contributed by atoms with Gasteiger partial charge in [-0.2, -0.15) is 0 Å². The first-order chi connectivity index (χ1) is 9.60. The van der Waals surface area contributed by atoms with Crippen LogP contribution in [-0.4, -0.2) is 32.6 Å². The van der Waals surface area contributed by atoms with Crippen LogP contribution >= 0.6 is 11.6 Å². The van der Waals surface area contributed by atoms with Gasteiger partial charge >= 0.3 is 0 Å². The monoisotopic (exact) mass is 293 g/mol. The lowest BCUT2D eigenvalue weighted by Gasteiger charge is -2.08. The number of furan rings is 1. The van der Waals surface area contributed by atoms with Crippen molar-refractivity contribution in [1.82, 2.24) is 4.90 Å². The predicted octanol–water partition coefficient (Wildman–Crippen LogP) is 4.10. The van der Waals surface area contributed by atoms with Crippen molar-refractivity contribution in [1.29, 1.82) is 0 Å². The van der Waals surface area contributed by atoms with Gasteiger partial charge < -0.3 is 14.1 Å². The molecule has 0 radical (unpaired) electrons. The van der Waals surface area contributed by atoms with Crippen LogP contribution in [0.2, 0.25) is 5.02 Å². The van der Waals surface area contributed by atoms with Gasteiger partial charge in [-0.3, -0.25) is 0 Å². The Morgan fingerprint density at radius 3 is 2.70 bits per heavy atom. The van der Waals surface area contributed by atoms with Crippen LogP contribution in [0.1, 0.15) is 12.2 Å². The second kappa shape index (κ2) is 6.82. The summed E-state index contributed by atoms with van der Waals surface area (Å²) in [5, 5.41) is 0.673. The van der Waals surface area contributed by atoms with Gasteiger partial charge in [-0.1, -0.05) is 11.6 Å². The number of ether oxygens (including phenoxy) is 1. The third kappa shape index (κ3) is 3.78. The highest BCUT2D eigenvalue weighted by atomic mass is 35.5. The molecule has 0 aliphatic carbocycles. The van der Waals surface area contributed by atoms with E-state index in [0.717, 1.165) is 42.2 Å². The maximum absolute atomic E-state index is 6.05. The molecule has 1 aromatic carbocycles. The first-order valence-corrected chi connectivity index (χ1v) is 7.05. The first kappa shape index (κ1) is 14.9. The second-order valence-corrected chi connectivity index (χ2v) is 5.45. The molecule has 0 bridgehead atoms. The standard InChI is InChI=1S/C16H20ClNO2/c1-18(2)10-4-5-13-7-9-16(20-13)14-11-12(17)6-8-15(14)19-3/h6-9,11H,4-5,10H2,1-3H3. The molecule has 108 valence electrons. The van der Waals surface area contributed by atoms with Crippen LogP contribution in [0.15, 0.2) is 34.7 Å². The Bertz CT molecular complexity index is 563. The minimum Gasteiger partial charge on any atom is -0.496 e. The van der Waals surface area contributed by atoms with Gasteiger partial charge in [0, 0.05) is 11.4 Å². The summed E-state index contributed by atoms with van der Waals surface area (Å²) in [6, 6.07) is 9.52. The maximum atomic E-state index is 6.05. The molecule has 0 saturated carbocycles. The topological polar surface area (TPSA) is 25.6 Å². The molecular formula is C16H20ClNO2. The summed E-state index contributed by atoms with van der Waals surface area (Å²) in [5.41, 5.74) is 0.888. The second-order valence-electron chi connectivity index (χ2n) is 5.02. The van der Waals surface area contributed by atoms with Gasteiger partial charge in [0.15, 0.2) is 0 Å². The van der Waals surface area contributed by atoms with Gasteiger partial charge in [0.2, 0.25) is 0 Å². The van der Waals surface area contributed by atoms with Crippen molar-refractivity contribution in [3.8, 4) is 17.1 Å². The molecule has 4 heteroatoms. The molecule has 2 aromatic rings. The quantitative estimate of drug-likeness (QED) is 0.802. The first-order valence-electron chi connectivity index (χ1n) is 6.67. The van der Waals surface area contributed by atoms with Crippen LogP contribution in [0.25, 0.3) is 11.3 Å². The Labute approximate surface area is 125 Å². The molecule has 2 rings (SSSR count). The highest BCUT2D eigenvalue weighted by Crippen LogP contribution is 2.33. The number of hydrogen-bond donors (Lipinski definition) is 0. The number of nitrogens with zero attached hydrogens (tertiary/aromatic N) is 1. The molecule has 20 heavy (non-hydrogen) atoms. The highest BCUT2D eigenvalue weighted by molar-refractivity contribution is 6.30. The van der Waals surface area contributed by atoms with E-state index in [1.165, 1.54) is 0 Å². The Hall–Kier alpha value is -1.45. The molecule has 0 aliphatic heterocycles. The van der Waals surface area contributed by atoms with Crippen LogP contribution in [-0.2, 0) is 6.42 Å². The number of methoxy groups -OCH3 is 1. The normalized spacial score (nSPS) is 11.1. The molecule has 1 aromatic heterocycles. The van der Waals surface area contributed by atoms with Crippen LogP contribution in [0.5, 0.6) is 5.75 Å². The maximum Gasteiger partial charge on any atom is 0.138 e. The Kier molecular flexibility index (Phi) is 5.10. The zero-order valence-electron chi connectivity index (χ0n) is 12.1. The van der Waals surface area contributed by atoms with E-state index in [2.05, 4.69) is 19.0 Å². The average Bonchev–Trinajstić information content (AvgIpc) is 2.87. The largest absolute Gasteiger partial charge is 0.496 e. The van der Waals surface area contributed by atoms with Crippen molar-refractivity contribution in [3.05, 3.63) is 41.1 Å². The highest BCUT2D eigenvalue weighted by Gasteiger charge is 2.11. The minimum atomic E-state index is 0.673. The van der Waals surface area contributed by atoms with Gasteiger partial charge in [0.25, 0.3) is 0 Å². The molecule has 0 spiro atoms. The molecule has 0 unspecified atom stereocenters. The lowest BCUT2D eigenvalue weighted by molar-refractivity contribution is 0.390. The van der Waals surface area contributed by atoms with Crippen molar-refractivity contribution in [2.24, 2.45) is 0 Å². The summed E-state index contributed by atoms with van der Waals surface area (Å²) in [4.78, 5) is 2.17. The van der Waals surface area contributed by atoms with E-state index >= 15 is 0 Å². The number of hydrogen-bond acceptors (Lipinski definition) is 3. The van der Waals surface area contributed by atoms with Crippen molar-refractivity contribution < 1.29 is 9.15 Å². The lowest BCUT2D eigenvalue weighted by Crippen LogP contribution is -2.13. The molecule has 0 fully saturated rings. The van der Waals surface area contributed by atoms with Gasteiger partial charge in [0.05, 0.1) is 12.7 Å². The lowest BCUT2D eigenvalue weighted by atomic mass is 10.1. The third-order valence-electron chi connectivity index (χ3n) is 3.12. The van der Waals surface area contributed by atoms with Gasteiger partial charge in [-0.15, -0.1) is 0 Å². The molecule has 0 N–H and O–H groups in total. The van der Waals surface area contributed by atoms with Crippen molar-refractivity contribution in [2.45, 2.75) is 12.8 Å². The predicted molar refractivity (Wildman–Crippen MR) is 82.6 cm³/mol. The third-order valence-corrected chi connectivity index (χ3v) is 3.35. The average molecular weight is 294 g/mol. The zero-order chi connectivity index (χ0) is 14.5. The molecular weight excluding hydrogens is 274 g/mol. The van der Waals surface area contributed by atoms with Crippen molar-refractivity contribution >= 4 is 11.6 Å². The summed E-state index contributed by atoms with van der Waals surface area (Å²) in [5.74, 6) is 2.55. The number of aryl methyl sites for hydroxylation is 1. The molecule has 0 amide bonds. The summed E-state index contributed by atoms with van der Waals surface area (Å²) >= 11 is 6.05. The van der Waals surface area contributed by atoms with E-state index in [1.54, 1.807) is 7.11 Å². The molecule has 0 atom stereocenters. The minimum absolute atomic E-state index is 0.673. The van der Waals surface area contributed by atoms with Gasteiger partial charge in [-0.05, 0) is 57.4 Å². The summed E-state index contributed by atoms with van der Waals surface area (Å²) in [7, 11) is 5.79. The summed E-state index contributed by atoms with van der Waals surface area (Å²) < 4.78 is 11.2. The summed E-state index contributed by atoms with van der Waals surface area (Å²) in [6.45, 7) is 1.05. The molecule has 0 aliphatic rings. The van der Waals surface area contributed by atoms with Crippen LogP contribution in [0.3, 0.4) is 0 Å². The number of halogens is 1. The molecule has 0 saturated heterocycles. The van der Waals surface area contributed by atoms with E-state index in [-0.39, 0.29) is 0 Å². The van der Waals surface area contributed by atoms with Crippen LogP contribution in [0, 0.1) is 0 Å². The number of benzene rings is 1. The Morgan fingerprint density at radius 2 is 2.00 bits per heavy atom. The molecule has 3 nitrogen and oxygen atoms in total. The van der Waals surface area contributed by atoms with Crippen molar-refractivity contribution in [3.63, 3.8) is 0 Å². The molecule has 1 heterocycles.